The van der Waals surface area contributed by atoms with E-state index in [2.05, 4.69) is 10.6 Å². The van der Waals surface area contributed by atoms with Gasteiger partial charge in [0.2, 0.25) is 5.91 Å². The predicted molar refractivity (Wildman–Crippen MR) is 70.5 cm³/mol. The number of carbonyl (C=O) groups excluding carboxylic acids is 1. The van der Waals surface area contributed by atoms with Crippen molar-refractivity contribution in [3.8, 4) is 0 Å². The van der Waals surface area contributed by atoms with Crippen LogP contribution in [0.15, 0.2) is 24.3 Å². The monoisotopic (exact) mass is 248 g/mol. The number of carbonyl (C=O) groups is 1. The molecule has 0 unspecified atom stereocenters. The Hall–Kier alpha value is -1.37. The highest BCUT2D eigenvalue weighted by atomic mass is 16.4. The third-order valence-corrected chi connectivity index (χ3v) is 3.16. The summed E-state index contributed by atoms with van der Waals surface area (Å²) >= 11 is 0. The Morgan fingerprint density at radius 2 is 2.06 bits per heavy atom. The first-order valence-corrected chi connectivity index (χ1v) is 6.14. The second-order valence-electron chi connectivity index (χ2n) is 4.51. The molecule has 1 aliphatic rings. The fraction of sp³-hybridized carbons (Fsp3) is 0.417. The normalized spacial score (nSPS) is 16.3. The molecule has 6 heteroatoms. The molecule has 4 N–H and O–H groups in total. The van der Waals surface area contributed by atoms with E-state index in [0.717, 1.165) is 25.9 Å². The molecule has 5 nitrogen and oxygen atoms in total. The summed E-state index contributed by atoms with van der Waals surface area (Å²) in [4.78, 5) is 12.0. The van der Waals surface area contributed by atoms with Crippen LogP contribution in [0.1, 0.15) is 12.8 Å². The molecule has 0 spiro atoms. The van der Waals surface area contributed by atoms with E-state index in [9.17, 15) is 4.79 Å². The van der Waals surface area contributed by atoms with E-state index in [0.29, 0.717) is 11.2 Å². The van der Waals surface area contributed by atoms with Gasteiger partial charge >= 0.3 is 7.12 Å². The zero-order valence-corrected chi connectivity index (χ0v) is 10.1. The lowest BCUT2D eigenvalue weighted by Crippen LogP contribution is -2.35. The van der Waals surface area contributed by atoms with Crippen LogP contribution in [-0.2, 0) is 4.79 Å². The molecule has 0 aliphatic carbocycles. The van der Waals surface area contributed by atoms with Crippen LogP contribution in [0.2, 0.25) is 0 Å². The van der Waals surface area contributed by atoms with E-state index in [4.69, 9.17) is 10.0 Å². The summed E-state index contributed by atoms with van der Waals surface area (Å²) in [6, 6.07) is 6.60. The molecule has 1 aromatic rings. The highest BCUT2D eigenvalue weighted by Crippen LogP contribution is 2.14. The minimum atomic E-state index is -1.51. The average molecular weight is 248 g/mol. The molecule has 18 heavy (non-hydrogen) atoms. The van der Waals surface area contributed by atoms with Gasteiger partial charge in [-0.15, -0.1) is 0 Å². The molecule has 1 heterocycles. The maximum atomic E-state index is 12.0. The minimum absolute atomic E-state index is 0.001000. The van der Waals surface area contributed by atoms with Crippen LogP contribution in [-0.4, -0.2) is 36.2 Å². The van der Waals surface area contributed by atoms with E-state index in [1.807, 2.05) is 0 Å². The standard InChI is InChI=1S/C12H17BN2O3/c16-12(9-4-6-14-7-5-9)15-11-3-1-2-10(8-11)13(17)18/h1-3,8-9,14,17-18H,4-7H2,(H,15,16). The van der Waals surface area contributed by atoms with Crippen LogP contribution >= 0.6 is 0 Å². The van der Waals surface area contributed by atoms with Gasteiger partial charge in [0, 0.05) is 11.6 Å². The third kappa shape index (κ3) is 3.32. The van der Waals surface area contributed by atoms with Gasteiger partial charge in [-0.1, -0.05) is 12.1 Å². The summed E-state index contributed by atoms with van der Waals surface area (Å²) in [6.07, 6.45) is 1.68. The van der Waals surface area contributed by atoms with Gasteiger partial charge in [0.25, 0.3) is 0 Å². The number of rotatable bonds is 3. The number of anilines is 1. The molecule has 0 radical (unpaired) electrons. The largest absolute Gasteiger partial charge is 0.488 e. The maximum Gasteiger partial charge on any atom is 0.488 e. The van der Waals surface area contributed by atoms with Gasteiger partial charge in [-0.3, -0.25) is 4.79 Å². The van der Waals surface area contributed by atoms with Crippen molar-refractivity contribution in [3.63, 3.8) is 0 Å². The molecule has 96 valence electrons. The molecule has 0 atom stereocenters. The third-order valence-electron chi connectivity index (χ3n) is 3.16. The lowest BCUT2D eigenvalue weighted by atomic mass is 9.80. The lowest BCUT2D eigenvalue weighted by molar-refractivity contribution is -0.120. The zero-order valence-electron chi connectivity index (χ0n) is 10.1. The Balaban J connectivity index is 1.99. The van der Waals surface area contributed by atoms with Gasteiger partial charge in [-0.05, 0) is 43.5 Å². The maximum absolute atomic E-state index is 12.0. The predicted octanol–water partition coefficient (Wildman–Crippen LogP) is -0.696. The molecular weight excluding hydrogens is 231 g/mol. The second kappa shape index (κ2) is 5.99. The van der Waals surface area contributed by atoms with E-state index < -0.39 is 7.12 Å². The molecule has 1 fully saturated rings. The van der Waals surface area contributed by atoms with Gasteiger partial charge in [-0.2, -0.15) is 0 Å². The number of nitrogens with one attached hydrogen (secondary N) is 2. The smallest absolute Gasteiger partial charge is 0.423 e. The number of amides is 1. The first-order valence-electron chi connectivity index (χ1n) is 6.14. The minimum Gasteiger partial charge on any atom is -0.423 e. The van der Waals surface area contributed by atoms with Gasteiger partial charge < -0.3 is 20.7 Å². The van der Waals surface area contributed by atoms with Crippen molar-refractivity contribution in [3.05, 3.63) is 24.3 Å². The Bertz CT molecular complexity index is 420. The highest BCUT2D eigenvalue weighted by Gasteiger charge is 2.21. The van der Waals surface area contributed by atoms with Crippen molar-refractivity contribution in [1.82, 2.24) is 5.32 Å². The lowest BCUT2D eigenvalue weighted by Gasteiger charge is -2.21. The van der Waals surface area contributed by atoms with Crippen LogP contribution in [0, 0.1) is 5.92 Å². The summed E-state index contributed by atoms with van der Waals surface area (Å²) in [6.45, 7) is 1.74. The zero-order chi connectivity index (χ0) is 13.0. The number of hydrogen-bond acceptors (Lipinski definition) is 4. The first kappa shape index (κ1) is 13.1. The van der Waals surface area contributed by atoms with E-state index >= 15 is 0 Å². The molecule has 0 aromatic heterocycles. The molecule has 2 rings (SSSR count). The first-order chi connectivity index (χ1) is 8.66. The average Bonchev–Trinajstić information content (AvgIpc) is 2.40. The molecule has 1 aromatic carbocycles. The van der Waals surface area contributed by atoms with Gasteiger partial charge in [0.15, 0.2) is 0 Å². The second-order valence-corrected chi connectivity index (χ2v) is 4.51. The summed E-state index contributed by atoms with van der Waals surface area (Å²) < 4.78 is 0. The molecular formula is C12H17BN2O3. The molecule has 0 saturated carbocycles. The van der Waals surface area contributed by atoms with Gasteiger partial charge in [0.05, 0.1) is 0 Å². The van der Waals surface area contributed by atoms with E-state index in [1.54, 1.807) is 24.3 Å². The fourth-order valence-corrected chi connectivity index (χ4v) is 2.11. The fourth-order valence-electron chi connectivity index (χ4n) is 2.11. The van der Waals surface area contributed by atoms with Gasteiger partial charge in [-0.25, -0.2) is 0 Å². The Morgan fingerprint density at radius 3 is 2.72 bits per heavy atom. The van der Waals surface area contributed by atoms with E-state index in [-0.39, 0.29) is 11.8 Å². The SMILES string of the molecule is O=C(Nc1cccc(B(O)O)c1)C1CCNCC1. The van der Waals surface area contributed by atoms with Crippen LogP contribution < -0.4 is 16.1 Å². The number of benzene rings is 1. The Kier molecular flexibility index (Phi) is 4.35. The summed E-state index contributed by atoms with van der Waals surface area (Å²) in [7, 11) is -1.51. The van der Waals surface area contributed by atoms with E-state index in [1.165, 1.54) is 0 Å². The van der Waals surface area contributed by atoms with Crippen LogP contribution in [0.4, 0.5) is 5.69 Å². The summed E-state index contributed by atoms with van der Waals surface area (Å²) in [5.41, 5.74) is 0.974. The molecule has 1 aliphatic heterocycles. The van der Waals surface area contributed by atoms with Crippen molar-refractivity contribution >= 4 is 24.2 Å². The van der Waals surface area contributed by atoms with Gasteiger partial charge in [0.1, 0.15) is 0 Å². The van der Waals surface area contributed by atoms with Crippen molar-refractivity contribution < 1.29 is 14.8 Å². The van der Waals surface area contributed by atoms with Crippen LogP contribution in [0.5, 0.6) is 0 Å². The van der Waals surface area contributed by atoms with Crippen LogP contribution in [0.25, 0.3) is 0 Å². The summed E-state index contributed by atoms with van der Waals surface area (Å²) in [5.74, 6) is 0.0371. The number of piperidine rings is 1. The van der Waals surface area contributed by atoms with Crippen molar-refractivity contribution in [2.75, 3.05) is 18.4 Å². The van der Waals surface area contributed by atoms with Crippen molar-refractivity contribution in [2.45, 2.75) is 12.8 Å². The summed E-state index contributed by atoms with van der Waals surface area (Å²) in [5, 5.41) is 24.2. The quantitative estimate of drug-likeness (QED) is 0.533. The van der Waals surface area contributed by atoms with Crippen molar-refractivity contribution in [2.24, 2.45) is 5.92 Å². The molecule has 1 amide bonds. The molecule has 1 saturated heterocycles. The number of hydrogen-bond donors (Lipinski definition) is 4. The Labute approximate surface area is 106 Å². The topological polar surface area (TPSA) is 81.6 Å². The van der Waals surface area contributed by atoms with Crippen molar-refractivity contribution in [1.29, 1.82) is 0 Å². The Morgan fingerprint density at radius 1 is 1.33 bits per heavy atom. The van der Waals surface area contributed by atoms with Crippen LogP contribution in [0.3, 0.4) is 0 Å². The molecule has 0 bridgehead atoms. The highest BCUT2D eigenvalue weighted by molar-refractivity contribution is 6.58.